The van der Waals surface area contributed by atoms with Gasteiger partial charge in [0, 0.05) is 3.57 Å². The summed E-state index contributed by atoms with van der Waals surface area (Å²) in [5.41, 5.74) is 4.32. The molecule has 0 aliphatic heterocycles. The largest absolute Gasteiger partial charge is 0.384 e. The van der Waals surface area contributed by atoms with Crippen molar-refractivity contribution in [3.8, 4) is 0 Å². The molecule has 1 nitrogen and oxygen atoms in total. The number of aryl methyl sites for hydroxylation is 1. The second kappa shape index (κ2) is 5.19. The Morgan fingerprint density at radius 1 is 1.06 bits per heavy atom. The molecule has 88 valence electrons. The Balaban J connectivity index is 2.44. The zero-order valence-corrected chi connectivity index (χ0v) is 12.1. The van der Waals surface area contributed by atoms with Gasteiger partial charge in [-0.3, -0.25) is 0 Å². The van der Waals surface area contributed by atoms with Crippen molar-refractivity contribution in [2.75, 3.05) is 0 Å². The summed E-state index contributed by atoms with van der Waals surface area (Å²) in [5.74, 6) is 0. The van der Waals surface area contributed by atoms with E-state index >= 15 is 0 Å². The van der Waals surface area contributed by atoms with E-state index in [0.29, 0.717) is 0 Å². The molecule has 0 bridgehead atoms. The van der Waals surface area contributed by atoms with E-state index in [4.69, 9.17) is 0 Å². The molecular formula is C15H15IO. The molecule has 0 saturated carbocycles. The van der Waals surface area contributed by atoms with Gasteiger partial charge in [0.25, 0.3) is 0 Å². The Kier molecular flexibility index (Phi) is 3.84. The van der Waals surface area contributed by atoms with Crippen molar-refractivity contribution in [2.24, 2.45) is 0 Å². The van der Waals surface area contributed by atoms with Gasteiger partial charge < -0.3 is 5.11 Å². The lowest BCUT2D eigenvalue weighted by molar-refractivity contribution is 0.219. The topological polar surface area (TPSA) is 20.2 Å². The SMILES string of the molecule is Cc1cccc(C(O)c2cccc(I)c2)c1C. The highest BCUT2D eigenvalue weighted by Gasteiger charge is 2.13. The molecule has 0 saturated heterocycles. The number of benzene rings is 2. The molecule has 2 heteroatoms. The maximum Gasteiger partial charge on any atom is 0.104 e. The summed E-state index contributed by atoms with van der Waals surface area (Å²) in [7, 11) is 0. The van der Waals surface area contributed by atoms with Gasteiger partial charge in [-0.1, -0.05) is 30.3 Å². The van der Waals surface area contributed by atoms with Crippen LogP contribution < -0.4 is 0 Å². The Hall–Kier alpha value is -0.870. The van der Waals surface area contributed by atoms with Gasteiger partial charge in [-0.15, -0.1) is 0 Å². The van der Waals surface area contributed by atoms with Crippen molar-refractivity contribution in [2.45, 2.75) is 20.0 Å². The van der Waals surface area contributed by atoms with E-state index < -0.39 is 6.10 Å². The van der Waals surface area contributed by atoms with Crippen molar-refractivity contribution < 1.29 is 5.11 Å². The van der Waals surface area contributed by atoms with Crippen LogP contribution in [0.4, 0.5) is 0 Å². The second-order valence-corrected chi connectivity index (χ2v) is 5.49. The molecule has 1 N–H and O–H groups in total. The number of halogens is 1. The summed E-state index contributed by atoms with van der Waals surface area (Å²) in [4.78, 5) is 0. The van der Waals surface area contributed by atoms with Gasteiger partial charge in [-0.2, -0.15) is 0 Å². The highest BCUT2D eigenvalue weighted by molar-refractivity contribution is 14.1. The molecule has 2 aromatic rings. The first-order valence-corrected chi connectivity index (χ1v) is 6.67. The fourth-order valence-corrected chi connectivity index (χ4v) is 2.49. The molecule has 0 amide bonds. The third-order valence-corrected chi connectivity index (χ3v) is 3.78. The van der Waals surface area contributed by atoms with Gasteiger partial charge in [0.1, 0.15) is 6.10 Å². The first-order chi connectivity index (χ1) is 8.09. The van der Waals surface area contributed by atoms with Crippen molar-refractivity contribution in [1.82, 2.24) is 0 Å². The summed E-state index contributed by atoms with van der Waals surface area (Å²) >= 11 is 2.26. The minimum Gasteiger partial charge on any atom is -0.384 e. The number of aliphatic hydroxyl groups is 1. The monoisotopic (exact) mass is 338 g/mol. The second-order valence-electron chi connectivity index (χ2n) is 4.25. The molecule has 0 radical (unpaired) electrons. The van der Waals surface area contributed by atoms with Gasteiger partial charge >= 0.3 is 0 Å². The minimum absolute atomic E-state index is 0.537. The third-order valence-electron chi connectivity index (χ3n) is 3.11. The zero-order chi connectivity index (χ0) is 12.4. The van der Waals surface area contributed by atoms with E-state index in [0.717, 1.165) is 14.7 Å². The molecule has 1 unspecified atom stereocenters. The van der Waals surface area contributed by atoms with Gasteiger partial charge in [0.05, 0.1) is 0 Å². The van der Waals surface area contributed by atoms with Crippen LogP contribution in [0.2, 0.25) is 0 Å². The quantitative estimate of drug-likeness (QED) is 0.821. The van der Waals surface area contributed by atoms with E-state index in [2.05, 4.69) is 42.5 Å². The molecule has 0 aliphatic carbocycles. The summed E-state index contributed by atoms with van der Waals surface area (Å²) in [6.45, 7) is 4.13. The molecule has 0 aromatic heterocycles. The van der Waals surface area contributed by atoms with Crippen LogP contribution >= 0.6 is 22.6 Å². The first kappa shape index (κ1) is 12.6. The lowest BCUT2D eigenvalue weighted by Gasteiger charge is -2.15. The smallest absolute Gasteiger partial charge is 0.104 e. The number of aliphatic hydroxyl groups excluding tert-OH is 1. The van der Waals surface area contributed by atoms with Gasteiger partial charge in [-0.25, -0.2) is 0 Å². The number of hydrogen-bond donors (Lipinski definition) is 1. The molecule has 0 heterocycles. The van der Waals surface area contributed by atoms with E-state index in [9.17, 15) is 5.11 Å². The molecule has 0 aliphatic rings. The molecule has 17 heavy (non-hydrogen) atoms. The average Bonchev–Trinajstić information content (AvgIpc) is 2.32. The van der Waals surface area contributed by atoms with Crippen LogP contribution in [-0.4, -0.2) is 5.11 Å². The number of hydrogen-bond acceptors (Lipinski definition) is 1. The van der Waals surface area contributed by atoms with Crippen LogP contribution in [0.15, 0.2) is 42.5 Å². The van der Waals surface area contributed by atoms with Crippen LogP contribution in [0.1, 0.15) is 28.4 Å². The molecular weight excluding hydrogens is 323 g/mol. The maximum absolute atomic E-state index is 10.4. The summed E-state index contributed by atoms with van der Waals surface area (Å²) in [6.07, 6.45) is -0.537. The van der Waals surface area contributed by atoms with Crippen LogP contribution in [0.25, 0.3) is 0 Å². The molecule has 1 atom stereocenters. The number of rotatable bonds is 2. The molecule has 2 rings (SSSR count). The first-order valence-electron chi connectivity index (χ1n) is 5.59. The zero-order valence-electron chi connectivity index (χ0n) is 9.94. The van der Waals surface area contributed by atoms with Crippen molar-refractivity contribution in [1.29, 1.82) is 0 Å². The Bertz CT molecular complexity index is 534. The van der Waals surface area contributed by atoms with Crippen molar-refractivity contribution >= 4 is 22.6 Å². The van der Waals surface area contributed by atoms with E-state index in [1.54, 1.807) is 0 Å². The highest BCUT2D eigenvalue weighted by atomic mass is 127. The predicted octanol–water partition coefficient (Wildman–Crippen LogP) is 3.99. The molecule has 0 fully saturated rings. The van der Waals surface area contributed by atoms with Gasteiger partial charge in [0.2, 0.25) is 0 Å². The maximum atomic E-state index is 10.4. The van der Waals surface area contributed by atoms with Crippen molar-refractivity contribution in [3.63, 3.8) is 0 Å². The molecule has 2 aromatic carbocycles. The average molecular weight is 338 g/mol. The fourth-order valence-electron chi connectivity index (χ4n) is 1.93. The highest BCUT2D eigenvalue weighted by Crippen LogP contribution is 2.27. The lowest BCUT2D eigenvalue weighted by atomic mass is 9.95. The minimum atomic E-state index is -0.537. The Morgan fingerprint density at radius 3 is 2.47 bits per heavy atom. The van der Waals surface area contributed by atoms with Crippen LogP contribution in [0.3, 0.4) is 0 Å². The Morgan fingerprint density at radius 2 is 1.76 bits per heavy atom. The fraction of sp³-hybridized carbons (Fsp3) is 0.200. The van der Waals surface area contributed by atoms with Crippen LogP contribution in [0, 0.1) is 17.4 Å². The lowest BCUT2D eigenvalue weighted by Crippen LogP contribution is -2.03. The predicted molar refractivity (Wildman–Crippen MR) is 79.1 cm³/mol. The summed E-state index contributed by atoms with van der Waals surface area (Å²) in [6, 6.07) is 14.1. The van der Waals surface area contributed by atoms with Crippen molar-refractivity contribution in [3.05, 3.63) is 68.3 Å². The summed E-state index contributed by atoms with van der Waals surface area (Å²) in [5, 5.41) is 10.4. The van der Waals surface area contributed by atoms with Gasteiger partial charge in [-0.05, 0) is 70.8 Å². The van der Waals surface area contributed by atoms with Crippen LogP contribution in [-0.2, 0) is 0 Å². The van der Waals surface area contributed by atoms with Crippen LogP contribution in [0.5, 0.6) is 0 Å². The van der Waals surface area contributed by atoms with E-state index in [1.807, 2.05) is 36.4 Å². The standard InChI is InChI=1S/C15H15IO/c1-10-5-3-8-14(11(10)2)15(17)12-6-4-7-13(16)9-12/h3-9,15,17H,1-2H3. The molecule has 0 spiro atoms. The normalized spacial score (nSPS) is 12.5. The Labute approximate surface area is 116 Å². The van der Waals surface area contributed by atoms with E-state index in [1.165, 1.54) is 11.1 Å². The van der Waals surface area contributed by atoms with E-state index in [-0.39, 0.29) is 0 Å². The van der Waals surface area contributed by atoms with Gasteiger partial charge in [0.15, 0.2) is 0 Å². The summed E-state index contributed by atoms with van der Waals surface area (Å²) < 4.78 is 1.14. The third kappa shape index (κ3) is 2.69.